The Bertz CT molecular complexity index is 2480. The monoisotopic (exact) mass is 833 g/mol. The molecule has 0 N–H and O–H groups in total. The summed E-state index contributed by atoms with van der Waals surface area (Å²) in [4.78, 5) is 0. The van der Waals surface area contributed by atoms with Crippen molar-refractivity contribution in [3.8, 4) is 28.0 Å². The third kappa shape index (κ3) is 10.1. The van der Waals surface area contributed by atoms with Crippen LogP contribution in [0.3, 0.4) is 0 Å². The maximum Gasteiger partial charge on any atom is 0.135 e. The van der Waals surface area contributed by atoms with Crippen LogP contribution in [0.4, 0.5) is 0 Å². The van der Waals surface area contributed by atoms with E-state index < -0.39 is 0 Å². The van der Waals surface area contributed by atoms with Crippen LogP contribution in [0.15, 0.2) is 115 Å². The Kier molecular flexibility index (Phi) is 17.8. The van der Waals surface area contributed by atoms with Gasteiger partial charge in [0.15, 0.2) is 0 Å². The van der Waals surface area contributed by atoms with Gasteiger partial charge in [-0.25, -0.2) is 0 Å². The zero-order valence-corrected chi connectivity index (χ0v) is 42.4. The topological polar surface area (TPSA) is 18.5 Å². The van der Waals surface area contributed by atoms with Crippen LogP contribution in [0, 0.1) is 13.8 Å². The van der Waals surface area contributed by atoms with E-state index in [0.717, 1.165) is 5.75 Å². The summed E-state index contributed by atoms with van der Waals surface area (Å²) in [6.07, 6.45) is 8.48. The zero-order chi connectivity index (χ0) is 46.8. The second kappa shape index (κ2) is 21.4. The fraction of sp³-hybridized carbons (Fsp3) is 0.400. The van der Waals surface area contributed by atoms with Crippen LogP contribution in [0.25, 0.3) is 49.9 Å². The fourth-order valence-corrected chi connectivity index (χ4v) is 8.82. The lowest BCUT2D eigenvalue weighted by atomic mass is 9.78. The van der Waals surface area contributed by atoms with Crippen molar-refractivity contribution >= 4 is 27.6 Å². The number of benzene rings is 6. The molecule has 2 nitrogen and oxygen atoms in total. The van der Waals surface area contributed by atoms with Crippen LogP contribution in [0.1, 0.15) is 157 Å². The van der Waals surface area contributed by atoms with E-state index in [2.05, 4.69) is 165 Å². The van der Waals surface area contributed by atoms with Crippen LogP contribution in [-0.2, 0) is 15.6 Å². The molecule has 1 aliphatic heterocycles. The second-order valence-electron chi connectivity index (χ2n) is 17.4. The summed E-state index contributed by atoms with van der Waals surface area (Å²) in [5, 5.41) is 5.21. The molecule has 9 rings (SSSR count). The van der Waals surface area contributed by atoms with Crippen molar-refractivity contribution in [3.05, 3.63) is 154 Å². The molecule has 0 fully saturated rings. The maximum atomic E-state index is 6.49. The van der Waals surface area contributed by atoms with Gasteiger partial charge in [-0.1, -0.05) is 210 Å². The molecule has 0 amide bonds. The molecule has 1 heterocycles. The molecular formula is C60H80O2. The Hall–Kier alpha value is -4.92. The maximum absolute atomic E-state index is 6.49. The van der Waals surface area contributed by atoms with Crippen molar-refractivity contribution in [1.29, 1.82) is 0 Å². The number of aryl methyl sites for hydroxylation is 2. The molecule has 332 valence electrons. The van der Waals surface area contributed by atoms with Crippen molar-refractivity contribution in [2.24, 2.45) is 0 Å². The van der Waals surface area contributed by atoms with Gasteiger partial charge >= 0.3 is 0 Å². The number of allylic oxidation sites excluding steroid dienone is 1. The molecule has 0 spiro atoms. The Morgan fingerprint density at radius 3 is 1.60 bits per heavy atom. The summed E-state index contributed by atoms with van der Waals surface area (Å²) in [7, 11) is 1.71. The van der Waals surface area contributed by atoms with Crippen molar-refractivity contribution in [1.82, 2.24) is 0 Å². The van der Waals surface area contributed by atoms with E-state index in [4.69, 9.17) is 9.47 Å². The van der Waals surface area contributed by atoms with Gasteiger partial charge in [-0.2, -0.15) is 0 Å². The highest BCUT2D eigenvalue weighted by Gasteiger charge is 2.41. The Balaban J connectivity index is 0.000000252. The quantitative estimate of drug-likeness (QED) is 0.162. The lowest BCUT2D eigenvalue weighted by molar-refractivity contribution is 0.0655. The molecule has 2 heteroatoms. The van der Waals surface area contributed by atoms with Gasteiger partial charge in [0.05, 0.1) is 5.60 Å². The van der Waals surface area contributed by atoms with Crippen LogP contribution < -0.4 is 4.74 Å². The average molecular weight is 833 g/mol. The molecule has 2 aliphatic carbocycles. The van der Waals surface area contributed by atoms with E-state index in [-0.39, 0.29) is 22.0 Å². The molecule has 0 unspecified atom stereocenters. The minimum absolute atomic E-state index is 0.0417. The van der Waals surface area contributed by atoms with Crippen LogP contribution in [0.5, 0.6) is 5.75 Å². The van der Waals surface area contributed by atoms with Crippen molar-refractivity contribution < 1.29 is 9.47 Å². The first-order chi connectivity index (χ1) is 29.5. The van der Waals surface area contributed by atoms with Gasteiger partial charge < -0.3 is 9.47 Å². The van der Waals surface area contributed by atoms with Crippen LogP contribution in [-0.4, -0.2) is 18.3 Å². The van der Waals surface area contributed by atoms with E-state index >= 15 is 0 Å². The second-order valence-corrected chi connectivity index (χ2v) is 17.4. The minimum Gasteiger partial charge on any atom is -0.482 e. The van der Waals surface area contributed by atoms with Gasteiger partial charge in [0.1, 0.15) is 11.4 Å². The average Bonchev–Trinajstić information content (AvgIpc) is 3.65. The number of hydrogen-bond donors (Lipinski definition) is 0. The predicted molar refractivity (Wildman–Crippen MR) is 278 cm³/mol. The van der Waals surface area contributed by atoms with E-state index in [9.17, 15) is 0 Å². The molecule has 0 radical (unpaired) electrons. The molecule has 0 bridgehead atoms. The standard InChI is InChI=1S/C25H24O.C20H18.C7H14O.4C2H6/c1-15-10-11-18-20(14-15)25(4,5)22-19-12-13-24(2,3)26-23(19)17-9-7-6-8-16(17)21(18)22;1-13-8-10-16-18(12-13)20(2,3)17-11-9-14-6-4-5-7-15(14)19(16)17;1-5-6-7(2,3)8-4;4*1-2/h6-14H,1-5H3;4-12H,1-3H3;5-6H,1-4H3;4*1-2H3/b;;6-5-;;;;. The number of rotatable bonds is 2. The van der Waals surface area contributed by atoms with Crippen molar-refractivity contribution in [3.63, 3.8) is 0 Å². The Morgan fingerprint density at radius 1 is 0.565 bits per heavy atom. The molecule has 0 aromatic heterocycles. The Labute approximate surface area is 378 Å². The number of hydrogen-bond acceptors (Lipinski definition) is 2. The third-order valence-electron chi connectivity index (χ3n) is 11.8. The number of methoxy groups -OCH3 is 1. The summed E-state index contributed by atoms with van der Waals surface area (Å²) >= 11 is 0. The molecule has 6 aromatic carbocycles. The predicted octanol–water partition coefficient (Wildman–Crippen LogP) is 18.2. The first-order valence-electron chi connectivity index (χ1n) is 23.4. The van der Waals surface area contributed by atoms with Crippen LogP contribution >= 0.6 is 0 Å². The van der Waals surface area contributed by atoms with Gasteiger partial charge in [0.25, 0.3) is 0 Å². The van der Waals surface area contributed by atoms with Gasteiger partial charge in [-0.05, 0) is 115 Å². The van der Waals surface area contributed by atoms with E-state index in [0.29, 0.717) is 0 Å². The first kappa shape index (κ1) is 51.4. The van der Waals surface area contributed by atoms with Gasteiger partial charge in [0, 0.05) is 28.9 Å². The number of fused-ring (bicyclic) bond motifs is 13. The summed E-state index contributed by atoms with van der Waals surface area (Å²) in [5.74, 6) is 1.03. The molecule has 3 aliphatic rings. The summed E-state index contributed by atoms with van der Waals surface area (Å²) in [6.45, 7) is 40.0. The smallest absolute Gasteiger partial charge is 0.135 e. The summed E-state index contributed by atoms with van der Waals surface area (Å²) < 4.78 is 11.6. The number of ether oxygens (including phenoxy) is 2. The van der Waals surface area contributed by atoms with E-state index in [1.807, 2.05) is 88.3 Å². The lowest BCUT2D eigenvalue weighted by Crippen LogP contribution is -2.29. The highest BCUT2D eigenvalue weighted by molar-refractivity contribution is 6.08. The summed E-state index contributed by atoms with van der Waals surface area (Å²) in [5.41, 5.74) is 14.9. The van der Waals surface area contributed by atoms with Gasteiger partial charge in [-0.3, -0.25) is 0 Å². The molecule has 0 saturated heterocycles. The summed E-state index contributed by atoms with van der Waals surface area (Å²) in [6, 6.07) is 35.7. The zero-order valence-electron chi connectivity index (χ0n) is 42.4. The van der Waals surface area contributed by atoms with Gasteiger partial charge in [0.2, 0.25) is 0 Å². The molecule has 0 saturated carbocycles. The SMILES string of the molecule is C/C=C\C(C)(C)OC.CC.CC.CC.CC.Cc1ccc2c(c1)C(C)(C)c1c3c(c4ccccc4c1-2)OC(C)(C)C=C3.Cc1ccc2c(c1)C(C)(C)c1ccc3ccccc3c1-2. The van der Waals surface area contributed by atoms with E-state index in [1.165, 1.54) is 82.7 Å². The molecule has 62 heavy (non-hydrogen) atoms. The van der Waals surface area contributed by atoms with Crippen molar-refractivity contribution in [2.45, 2.75) is 154 Å². The molecular weight excluding hydrogens is 753 g/mol. The third-order valence-corrected chi connectivity index (χ3v) is 11.8. The molecule has 6 aromatic rings. The van der Waals surface area contributed by atoms with Crippen molar-refractivity contribution in [2.75, 3.05) is 7.11 Å². The highest BCUT2D eigenvalue weighted by Crippen LogP contribution is 2.57. The minimum atomic E-state index is -0.282. The largest absolute Gasteiger partial charge is 0.482 e. The fourth-order valence-electron chi connectivity index (χ4n) is 8.82. The van der Waals surface area contributed by atoms with E-state index in [1.54, 1.807) is 7.11 Å². The normalized spacial score (nSPS) is 14.6. The van der Waals surface area contributed by atoms with Gasteiger partial charge in [-0.15, -0.1) is 0 Å². The Morgan fingerprint density at radius 2 is 1.06 bits per heavy atom. The highest BCUT2D eigenvalue weighted by atomic mass is 16.5. The first-order valence-corrected chi connectivity index (χ1v) is 23.4. The molecule has 0 atom stereocenters. The lowest BCUT2D eigenvalue weighted by Gasteiger charge is -2.33. The van der Waals surface area contributed by atoms with Crippen LogP contribution in [0.2, 0.25) is 0 Å².